The molecule has 0 aliphatic rings. The van der Waals surface area contributed by atoms with E-state index in [-0.39, 0.29) is 5.69 Å². The first kappa shape index (κ1) is 13.4. The molecule has 0 radical (unpaired) electrons. The number of nitrogens with zero attached hydrogens (tertiary/aromatic N) is 4. The van der Waals surface area contributed by atoms with Crippen molar-refractivity contribution in [3.05, 3.63) is 22.7 Å². The zero-order chi connectivity index (χ0) is 11.8. The van der Waals surface area contributed by atoms with Crippen molar-refractivity contribution in [3.8, 4) is 0 Å². The van der Waals surface area contributed by atoms with Gasteiger partial charge in [0.25, 0.3) is 0 Å². The number of aliphatic imine (C=N–C) groups is 1. The molecule has 0 spiro atoms. The fourth-order valence-electron chi connectivity index (χ4n) is 0.703. The van der Waals surface area contributed by atoms with Gasteiger partial charge in [-0.05, 0) is 6.07 Å². The van der Waals surface area contributed by atoms with E-state index in [1.54, 1.807) is 30.5 Å². The molecule has 0 bridgehead atoms. The number of hydrogen-bond donors (Lipinski definition) is 0. The quantitative estimate of drug-likeness (QED) is 0.541. The van der Waals surface area contributed by atoms with Gasteiger partial charge in [0.15, 0.2) is 5.82 Å². The van der Waals surface area contributed by atoms with Crippen LogP contribution in [-0.2, 0) is 7.05 Å². The van der Waals surface area contributed by atoms with Crippen LogP contribution in [0.1, 0.15) is 13.8 Å². The van der Waals surface area contributed by atoms with Crippen molar-refractivity contribution in [2.45, 2.75) is 13.8 Å². The van der Waals surface area contributed by atoms with E-state index in [4.69, 9.17) is 0 Å². The third-order valence-corrected chi connectivity index (χ3v) is 1.38. The lowest BCUT2D eigenvalue weighted by Crippen LogP contribution is -2.18. The molecule has 0 saturated heterocycles. The highest BCUT2D eigenvalue weighted by molar-refractivity contribution is 5.58. The Kier molecular flexibility index (Phi) is 6.01. The largest absolute Gasteiger partial charge is 0.369 e. The zero-order valence-corrected chi connectivity index (χ0v) is 9.93. The predicted octanol–water partition coefficient (Wildman–Crippen LogP) is 1.03. The van der Waals surface area contributed by atoms with Crippen molar-refractivity contribution in [1.29, 1.82) is 0 Å². The minimum atomic E-state index is -0.298. The molecule has 15 heavy (non-hydrogen) atoms. The summed E-state index contributed by atoms with van der Waals surface area (Å²) in [5, 5.41) is 0. The van der Waals surface area contributed by atoms with Gasteiger partial charge in [0, 0.05) is 27.3 Å². The molecule has 0 unspecified atom stereocenters. The molecule has 0 fully saturated rings. The third-order valence-electron chi connectivity index (χ3n) is 1.38. The summed E-state index contributed by atoms with van der Waals surface area (Å²) in [5.74, 6) is 0.428. The standard InChI is InChI=1S/C8H12N4O.C2H6/c1-11(2)6-9-7-4-5-12(3)8(13)10-7;1-2/h4-6H,1-3H3;1-2H3. The summed E-state index contributed by atoms with van der Waals surface area (Å²) in [6, 6.07) is 1.68. The molecule has 84 valence electrons. The molecule has 0 amide bonds. The lowest BCUT2D eigenvalue weighted by molar-refractivity contribution is 0.642. The molecule has 1 rings (SSSR count). The Balaban J connectivity index is 0.000000921. The van der Waals surface area contributed by atoms with Crippen LogP contribution in [0.3, 0.4) is 0 Å². The molecule has 1 aromatic rings. The summed E-state index contributed by atoms with van der Waals surface area (Å²) in [6.45, 7) is 4.00. The van der Waals surface area contributed by atoms with Gasteiger partial charge in [0.1, 0.15) is 0 Å². The molecule has 5 heteroatoms. The first-order valence-corrected chi connectivity index (χ1v) is 4.84. The van der Waals surface area contributed by atoms with Crippen molar-refractivity contribution >= 4 is 12.2 Å². The van der Waals surface area contributed by atoms with Crippen molar-refractivity contribution in [2.24, 2.45) is 12.0 Å². The average Bonchev–Trinajstić information content (AvgIpc) is 2.23. The van der Waals surface area contributed by atoms with Crippen molar-refractivity contribution < 1.29 is 0 Å². The Labute approximate surface area is 90.1 Å². The summed E-state index contributed by atoms with van der Waals surface area (Å²) in [5.41, 5.74) is -0.298. The van der Waals surface area contributed by atoms with Crippen molar-refractivity contribution in [2.75, 3.05) is 14.1 Å². The van der Waals surface area contributed by atoms with Gasteiger partial charge in [0.2, 0.25) is 0 Å². The molecular weight excluding hydrogens is 192 g/mol. The van der Waals surface area contributed by atoms with Gasteiger partial charge in [-0.25, -0.2) is 9.79 Å². The number of aromatic nitrogens is 2. The summed E-state index contributed by atoms with van der Waals surface area (Å²) in [7, 11) is 5.35. The maximum atomic E-state index is 11.0. The Hall–Kier alpha value is -1.65. The summed E-state index contributed by atoms with van der Waals surface area (Å²) in [4.78, 5) is 20.5. The molecule has 0 N–H and O–H groups in total. The monoisotopic (exact) mass is 210 g/mol. The highest BCUT2D eigenvalue weighted by atomic mass is 16.1. The molecule has 1 heterocycles. The van der Waals surface area contributed by atoms with Gasteiger partial charge in [-0.1, -0.05) is 13.8 Å². The van der Waals surface area contributed by atoms with Gasteiger partial charge in [-0.15, -0.1) is 0 Å². The zero-order valence-electron chi connectivity index (χ0n) is 9.93. The maximum absolute atomic E-state index is 11.0. The average molecular weight is 210 g/mol. The Morgan fingerprint density at radius 3 is 2.53 bits per heavy atom. The van der Waals surface area contributed by atoms with Crippen LogP contribution in [0.4, 0.5) is 5.82 Å². The van der Waals surface area contributed by atoms with E-state index >= 15 is 0 Å². The molecule has 0 aliphatic heterocycles. The normalized spacial score (nSPS) is 9.67. The highest BCUT2D eigenvalue weighted by Gasteiger charge is 1.93. The van der Waals surface area contributed by atoms with E-state index in [9.17, 15) is 4.79 Å². The van der Waals surface area contributed by atoms with Crippen LogP contribution in [0.15, 0.2) is 22.1 Å². The number of aryl methyl sites for hydroxylation is 1. The predicted molar refractivity (Wildman–Crippen MR) is 62.7 cm³/mol. The second-order valence-electron chi connectivity index (χ2n) is 2.89. The molecule has 1 aromatic heterocycles. The summed E-state index contributed by atoms with van der Waals surface area (Å²) < 4.78 is 1.40. The summed E-state index contributed by atoms with van der Waals surface area (Å²) in [6.07, 6.45) is 3.24. The molecule has 0 saturated carbocycles. The van der Waals surface area contributed by atoms with Crippen LogP contribution in [0.25, 0.3) is 0 Å². The SMILES string of the molecule is CC.CN(C)C=Nc1ccn(C)c(=O)n1. The van der Waals surface area contributed by atoms with Crippen molar-refractivity contribution in [3.63, 3.8) is 0 Å². The van der Waals surface area contributed by atoms with Gasteiger partial charge < -0.3 is 9.47 Å². The molecule has 0 aromatic carbocycles. The summed E-state index contributed by atoms with van der Waals surface area (Å²) >= 11 is 0. The van der Waals surface area contributed by atoms with Crippen LogP contribution in [0, 0.1) is 0 Å². The minimum Gasteiger partial charge on any atom is -0.369 e. The molecule has 0 aliphatic carbocycles. The third kappa shape index (κ3) is 4.95. The minimum absolute atomic E-state index is 0.298. The number of hydrogen-bond acceptors (Lipinski definition) is 3. The van der Waals surface area contributed by atoms with Crippen LogP contribution in [0.5, 0.6) is 0 Å². The van der Waals surface area contributed by atoms with E-state index in [1.165, 1.54) is 4.57 Å². The second-order valence-corrected chi connectivity index (χ2v) is 2.89. The highest BCUT2D eigenvalue weighted by Crippen LogP contribution is 2.00. The Morgan fingerprint density at radius 1 is 1.47 bits per heavy atom. The smallest absolute Gasteiger partial charge is 0.349 e. The first-order chi connectivity index (χ1) is 7.09. The Morgan fingerprint density at radius 2 is 2.07 bits per heavy atom. The fourth-order valence-corrected chi connectivity index (χ4v) is 0.703. The van der Waals surface area contributed by atoms with E-state index < -0.39 is 0 Å². The maximum Gasteiger partial charge on any atom is 0.349 e. The lowest BCUT2D eigenvalue weighted by Gasteiger charge is -2.01. The van der Waals surface area contributed by atoms with Gasteiger partial charge in [-0.3, -0.25) is 0 Å². The van der Waals surface area contributed by atoms with Crippen LogP contribution in [0.2, 0.25) is 0 Å². The van der Waals surface area contributed by atoms with E-state index in [0.717, 1.165) is 0 Å². The van der Waals surface area contributed by atoms with Crippen LogP contribution < -0.4 is 5.69 Å². The second kappa shape index (κ2) is 6.75. The first-order valence-electron chi connectivity index (χ1n) is 4.84. The molecule has 0 atom stereocenters. The van der Waals surface area contributed by atoms with Crippen LogP contribution >= 0.6 is 0 Å². The van der Waals surface area contributed by atoms with Gasteiger partial charge >= 0.3 is 5.69 Å². The molecular formula is C10H18N4O. The molecule has 5 nitrogen and oxygen atoms in total. The van der Waals surface area contributed by atoms with E-state index in [2.05, 4.69) is 9.98 Å². The lowest BCUT2D eigenvalue weighted by atomic mass is 10.6. The van der Waals surface area contributed by atoms with E-state index in [0.29, 0.717) is 5.82 Å². The van der Waals surface area contributed by atoms with Crippen molar-refractivity contribution in [1.82, 2.24) is 14.5 Å². The number of rotatable bonds is 2. The van der Waals surface area contributed by atoms with Gasteiger partial charge in [-0.2, -0.15) is 4.98 Å². The fraction of sp³-hybridized carbons (Fsp3) is 0.500. The Bertz CT molecular complexity index is 368. The van der Waals surface area contributed by atoms with Gasteiger partial charge in [0.05, 0.1) is 6.34 Å². The topological polar surface area (TPSA) is 50.5 Å². The van der Waals surface area contributed by atoms with Crippen LogP contribution in [-0.4, -0.2) is 34.9 Å². The van der Waals surface area contributed by atoms with E-state index in [1.807, 2.05) is 27.9 Å².